The van der Waals surface area contributed by atoms with Gasteiger partial charge >= 0.3 is 0 Å². The van der Waals surface area contributed by atoms with Crippen LogP contribution in [0.25, 0.3) is 10.9 Å². The maximum absolute atomic E-state index is 12.0. The summed E-state index contributed by atoms with van der Waals surface area (Å²) in [6.07, 6.45) is 0. The number of nitrogens with one attached hydrogen (secondary N) is 1. The summed E-state index contributed by atoms with van der Waals surface area (Å²) in [5.41, 5.74) is 0.227. The number of para-hydroxylation sites is 1. The molecule has 3 aromatic rings. The van der Waals surface area contributed by atoms with Crippen molar-refractivity contribution in [1.82, 2.24) is 24.8 Å². The van der Waals surface area contributed by atoms with Crippen molar-refractivity contribution in [3.8, 4) is 0 Å². The van der Waals surface area contributed by atoms with E-state index in [1.54, 1.807) is 18.2 Å². The summed E-state index contributed by atoms with van der Waals surface area (Å²) in [6.45, 7) is 1.54. The molecule has 112 valence electrons. The third-order valence-electron chi connectivity index (χ3n) is 3.02. The van der Waals surface area contributed by atoms with Crippen LogP contribution in [-0.4, -0.2) is 24.8 Å². The Hall–Kier alpha value is -2.68. The number of H-pyrrole nitrogens is 1. The van der Waals surface area contributed by atoms with Crippen molar-refractivity contribution in [3.05, 3.63) is 56.5 Å². The van der Waals surface area contributed by atoms with Crippen LogP contribution in [0.15, 0.2) is 39.0 Å². The molecule has 0 fully saturated rings. The van der Waals surface area contributed by atoms with E-state index in [4.69, 9.17) is 5.84 Å². The van der Waals surface area contributed by atoms with Gasteiger partial charge in [0.05, 0.1) is 16.7 Å². The lowest BCUT2D eigenvalue weighted by molar-refractivity contribution is 0.681. The largest absolute Gasteiger partial charge is 0.334 e. The second-order valence-electron chi connectivity index (χ2n) is 4.56. The summed E-state index contributed by atoms with van der Waals surface area (Å²) in [5.74, 6) is 6.45. The molecular weight excluding hydrogens is 304 g/mol. The predicted octanol–water partition coefficient (Wildman–Crippen LogP) is 0.189. The van der Waals surface area contributed by atoms with Crippen molar-refractivity contribution in [1.29, 1.82) is 0 Å². The molecule has 0 saturated heterocycles. The van der Waals surface area contributed by atoms with Crippen molar-refractivity contribution in [2.75, 3.05) is 5.84 Å². The van der Waals surface area contributed by atoms with Crippen LogP contribution in [0.5, 0.6) is 0 Å². The number of aromatic nitrogens is 5. The van der Waals surface area contributed by atoms with Crippen molar-refractivity contribution in [3.63, 3.8) is 0 Å². The highest BCUT2D eigenvalue weighted by molar-refractivity contribution is 7.98. The average Bonchev–Trinajstić information content (AvgIpc) is 2.52. The molecular formula is C13H12N6O2S. The smallest absolute Gasteiger partial charge is 0.294 e. The fourth-order valence-corrected chi connectivity index (χ4v) is 2.63. The number of benzene rings is 1. The Labute approximate surface area is 128 Å². The zero-order valence-corrected chi connectivity index (χ0v) is 12.4. The highest BCUT2D eigenvalue weighted by Gasteiger charge is 2.09. The molecule has 2 aromatic heterocycles. The van der Waals surface area contributed by atoms with Gasteiger partial charge in [-0.1, -0.05) is 23.9 Å². The van der Waals surface area contributed by atoms with E-state index in [1.807, 2.05) is 6.07 Å². The number of nitrogens with zero attached hydrogens (tertiary/aromatic N) is 4. The number of aryl methyl sites for hydroxylation is 1. The lowest BCUT2D eigenvalue weighted by Crippen LogP contribution is -2.32. The molecule has 0 aliphatic rings. The quantitative estimate of drug-likeness (QED) is 0.523. The molecule has 0 spiro atoms. The first-order valence-corrected chi connectivity index (χ1v) is 7.37. The molecule has 9 heteroatoms. The number of fused-ring (bicyclic) bond motifs is 1. The molecule has 0 saturated carbocycles. The second kappa shape index (κ2) is 5.60. The lowest BCUT2D eigenvalue weighted by atomic mass is 10.2. The summed E-state index contributed by atoms with van der Waals surface area (Å²) in [7, 11) is 0. The monoisotopic (exact) mass is 316 g/mol. The van der Waals surface area contributed by atoms with Gasteiger partial charge in [-0.2, -0.15) is 4.68 Å². The summed E-state index contributed by atoms with van der Waals surface area (Å²) in [4.78, 5) is 30.7. The van der Waals surface area contributed by atoms with Gasteiger partial charge in [-0.15, -0.1) is 10.2 Å². The molecule has 0 aliphatic heterocycles. The Bertz CT molecular complexity index is 965. The maximum atomic E-state index is 12.0. The fourth-order valence-electron chi connectivity index (χ4n) is 1.90. The van der Waals surface area contributed by atoms with E-state index < -0.39 is 5.56 Å². The van der Waals surface area contributed by atoms with E-state index >= 15 is 0 Å². The topological polar surface area (TPSA) is 120 Å². The Morgan fingerprint density at radius 2 is 2.05 bits per heavy atom. The van der Waals surface area contributed by atoms with Crippen LogP contribution in [0.4, 0.5) is 0 Å². The van der Waals surface area contributed by atoms with E-state index in [0.29, 0.717) is 22.5 Å². The molecule has 3 N–H and O–H groups in total. The van der Waals surface area contributed by atoms with Crippen LogP contribution in [-0.2, 0) is 5.75 Å². The average molecular weight is 316 g/mol. The SMILES string of the molecule is Cc1nnc(SCc2nc3ccccc3c(=O)[nH]2)n(N)c1=O. The van der Waals surface area contributed by atoms with Crippen molar-refractivity contribution >= 4 is 22.7 Å². The summed E-state index contributed by atoms with van der Waals surface area (Å²) < 4.78 is 0.937. The van der Waals surface area contributed by atoms with Gasteiger partial charge in [0.1, 0.15) is 11.5 Å². The van der Waals surface area contributed by atoms with Gasteiger partial charge in [0.25, 0.3) is 11.1 Å². The zero-order valence-electron chi connectivity index (χ0n) is 11.6. The minimum absolute atomic E-state index is 0.207. The molecule has 0 radical (unpaired) electrons. The van der Waals surface area contributed by atoms with Crippen LogP contribution in [0.1, 0.15) is 11.5 Å². The Balaban J connectivity index is 1.90. The van der Waals surface area contributed by atoms with Crippen molar-refractivity contribution < 1.29 is 0 Å². The van der Waals surface area contributed by atoms with E-state index in [-0.39, 0.29) is 16.4 Å². The first kappa shape index (κ1) is 14.3. The van der Waals surface area contributed by atoms with Gasteiger partial charge in [0, 0.05) is 0 Å². The van der Waals surface area contributed by atoms with Crippen LogP contribution in [0.3, 0.4) is 0 Å². The molecule has 0 atom stereocenters. The van der Waals surface area contributed by atoms with Crippen molar-refractivity contribution in [2.24, 2.45) is 0 Å². The van der Waals surface area contributed by atoms with E-state index in [0.717, 1.165) is 4.68 Å². The summed E-state index contributed by atoms with van der Waals surface area (Å²) >= 11 is 1.17. The minimum atomic E-state index is -0.405. The third-order valence-corrected chi connectivity index (χ3v) is 3.97. The van der Waals surface area contributed by atoms with Crippen LogP contribution < -0.4 is 17.0 Å². The van der Waals surface area contributed by atoms with E-state index in [1.165, 1.54) is 18.7 Å². The molecule has 2 heterocycles. The molecule has 0 amide bonds. The number of thioether (sulfide) groups is 1. The number of aromatic amines is 1. The highest BCUT2D eigenvalue weighted by atomic mass is 32.2. The molecule has 0 bridgehead atoms. The van der Waals surface area contributed by atoms with E-state index in [9.17, 15) is 9.59 Å². The predicted molar refractivity (Wildman–Crippen MR) is 83.1 cm³/mol. The standard InChI is InChI=1S/C13H12N6O2S/c1-7-12(21)19(14)13(18-17-7)22-6-10-15-9-5-3-2-4-8(9)11(20)16-10/h2-5H,6,14H2,1H3,(H,15,16,20). The lowest BCUT2D eigenvalue weighted by Gasteiger charge is -2.06. The number of hydrogen-bond donors (Lipinski definition) is 2. The second-order valence-corrected chi connectivity index (χ2v) is 5.50. The molecule has 0 unspecified atom stereocenters. The van der Waals surface area contributed by atoms with Crippen LogP contribution >= 0.6 is 11.8 Å². The number of hydrogen-bond acceptors (Lipinski definition) is 7. The molecule has 0 aliphatic carbocycles. The van der Waals surface area contributed by atoms with Gasteiger partial charge in [-0.25, -0.2) is 4.98 Å². The van der Waals surface area contributed by atoms with Crippen LogP contribution in [0, 0.1) is 6.92 Å². The van der Waals surface area contributed by atoms with Crippen molar-refractivity contribution in [2.45, 2.75) is 17.8 Å². The summed E-state index contributed by atoms with van der Waals surface area (Å²) in [6, 6.07) is 7.07. The molecule has 1 aromatic carbocycles. The number of nitrogen functional groups attached to an aromatic ring is 1. The van der Waals surface area contributed by atoms with Gasteiger partial charge in [-0.05, 0) is 19.1 Å². The van der Waals surface area contributed by atoms with Gasteiger partial charge < -0.3 is 10.8 Å². The normalized spacial score (nSPS) is 11.0. The van der Waals surface area contributed by atoms with E-state index in [2.05, 4.69) is 20.2 Å². The van der Waals surface area contributed by atoms with Gasteiger partial charge in [-0.3, -0.25) is 9.59 Å². The molecule has 22 heavy (non-hydrogen) atoms. The maximum Gasteiger partial charge on any atom is 0.294 e. The molecule has 3 rings (SSSR count). The fraction of sp³-hybridized carbons (Fsp3) is 0.154. The highest BCUT2D eigenvalue weighted by Crippen LogP contribution is 2.16. The van der Waals surface area contributed by atoms with Gasteiger partial charge in [0.2, 0.25) is 5.16 Å². The van der Waals surface area contributed by atoms with Gasteiger partial charge in [0.15, 0.2) is 0 Å². The number of nitrogens with two attached hydrogens (primary N) is 1. The minimum Gasteiger partial charge on any atom is -0.334 e. The first-order chi connectivity index (χ1) is 10.6. The first-order valence-electron chi connectivity index (χ1n) is 6.38. The Morgan fingerprint density at radius 1 is 1.27 bits per heavy atom. The Morgan fingerprint density at radius 3 is 2.86 bits per heavy atom. The third kappa shape index (κ3) is 2.58. The summed E-state index contributed by atoms with van der Waals surface area (Å²) in [5, 5.41) is 8.40. The number of rotatable bonds is 3. The van der Waals surface area contributed by atoms with Crippen LogP contribution in [0.2, 0.25) is 0 Å². The zero-order chi connectivity index (χ0) is 15.7. The Kier molecular flexibility index (Phi) is 3.63. The molecule has 8 nitrogen and oxygen atoms in total.